The zero-order valence-electron chi connectivity index (χ0n) is 12.8. The number of carbonyl (C=O) groups excluding carboxylic acids is 1. The molecule has 24 heavy (non-hydrogen) atoms. The van der Waals surface area contributed by atoms with E-state index in [1.807, 2.05) is 0 Å². The molecule has 1 aliphatic rings. The second-order valence-corrected chi connectivity index (χ2v) is 5.43. The van der Waals surface area contributed by atoms with Crippen LogP contribution in [0.15, 0.2) is 24.3 Å². The molecule has 1 fully saturated rings. The number of rotatable bonds is 7. The molecule has 1 amide bonds. The third-order valence-electron chi connectivity index (χ3n) is 3.46. The minimum absolute atomic E-state index is 0.0551. The zero-order valence-corrected chi connectivity index (χ0v) is 12.8. The normalized spacial score (nSPS) is 20.7. The number of carbonyl (C=O) groups is 1. The SMILES string of the molecule is O=C(COc1ccccc1OCC(F)(F)F)NCC1CNCC1O. The van der Waals surface area contributed by atoms with Crippen molar-refractivity contribution in [3.05, 3.63) is 24.3 Å². The van der Waals surface area contributed by atoms with E-state index in [1.54, 1.807) is 6.07 Å². The highest BCUT2D eigenvalue weighted by molar-refractivity contribution is 5.77. The summed E-state index contributed by atoms with van der Waals surface area (Å²) in [5.41, 5.74) is 0. The molecule has 1 aliphatic heterocycles. The van der Waals surface area contributed by atoms with Crippen molar-refractivity contribution in [1.82, 2.24) is 10.6 Å². The Labute approximate surface area is 136 Å². The van der Waals surface area contributed by atoms with Crippen LogP contribution in [0.3, 0.4) is 0 Å². The van der Waals surface area contributed by atoms with Crippen molar-refractivity contribution < 1.29 is 32.5 Å². The lowest BCUT2D eigenvalue weighted by Crippen LogP contribution is -2.36. The fourth-order valence-electron chi connectivity index (χ4n) is 2.22. The Hall–Kier alpha value is -2.00. The molecule has 134 valence electrons. The number of ether oxygens (including phenoxy) is 2. The Balaban J connectivity index is 1.79. The van der Waals surface area contributed by atoms with Gasteiger partial charge in [0.05, 0.1) is 6.10 Å². The Morgan fingerprint density at radius 3 is 2.50 bits per heavy atom. The number of para-hydroxylation sites is 2. The molecule has 3 N–H and O–H groups in total. The largest absolute Gasteiger partial charge is 0.480 e. The molecule has 0 bridgehead atoms. The lowest BCUT2D eigenvalue weighted by molar-refractivity contribution is -0.153. The summed E-state index contributed by atoms with van der Waals surface area (Å²) >= 11 is 0. The van der Waals surface area contributed by atoms with E-state index >= 15 is 0 Å². The lowest BCUT2D eigenvalue weighted by Gasteiger charge is -2.15. The summed E-state index contributed by atoms with van der Waals surface area (Å²) in [4.78, 5) is 11.7. The Morgan fingerprint density at radius 1 is 1.25 bits per heavy atom. The van der Waals surface area contributed by atoms with Gasteiger partial charge in [0, 0.05) is 25.6 Å². The van der Waals surface area contributed by atoms with Crippen LogP contribution in [-0.4, -0.2) is 56.1 Å². The van der Waals surface area contributed by atoms with Gasteiger partial charge in [-0.2, -0.15) is 13.2 Å². The molecule has 0 saturated carbocycles. The number of aliphatic hydroxyl groups is 1. The number of β-amino-alcohol motifs (C(OH)–C–C–N with tert-alkyl or cyclic N) is 1. The Bertz CT molecular complexity index is 554. The number of alkyl halides is 3. The van der Waals surface area contributed by atoms with Crippen LogP contribution >= 0.6 is 0 Å². The Morgan fingerprint density at radius 2 is 1.92 bits per heavy atom. The van der Waals surface area contributed by atoms with Gasteiger partial charge in [-0.25, -0.2) is 0 Å². The van der Waals surface area contributed by atoms with Crippen LogP contribution in [0.2, 0.25) is 0 Å². The van der Waals surface area contributed by atoms with E-state index in [4.69, 9.17) is 4.74 Å². The second-order valence-electron chi connectivity index (χ2n) is 5.43. The van der Waals surface area contributed by atoms with Gasteiger partial charge < -0.3 is 25.2 Å². The summed E-state index contributed by atoms with van der Waals surface area (Å²) in [7, 11) is 0. The van der Waals surface area contributed by atoms with Crippen LogP contribution in [0.4, 0.5) is 13.2 Å². The van der Waals surface area contributed by atoms with Gasteiger partial charge >= 0.3 is 6.18 Å². The van der Waals surface area contributed by atoms with Gasteiger partial charge in [0.1, 0.15) is 0 Å². The van der Waals surface area contributed by atoms with E-state index < -0.39 is 24.8 Å². The Kier molecular flexibility index (Phi) is 6.27. The standard InChI is InChI=1S/C15H19F3N2O4/c16-15(17,18)9-24-13-4-2-1-3-12(13)23-8-14(22)20-6-10-5-19-7-11(10)21/h1-4,10-11,19,21H,5-9H2,(H,20,22). The van der Waals surface area contributed by atoms with Crippen LogP contribution in [-0.2, 0) is 4.79 Å². The lowest BCUT2D eigenvalue weighted by atomic mass is 10.1. The third-order valence-corrected chi connectivity index (χ3v) is 3.46. The molecule has 0 aromatic heterocycles. The average Bonchev–Trinajstić information content (AvgIpc) is 2.94. The summed E-state index contributed by atoms with van der Waals surface area (Å²) in [6.45, 7) is -0.408. The van der Waals surface area contributed by atoms with Crippen molar-refractivity contribution in [3.8, 4) is 11.5 Å². The zero-order chi connectivity index (χ0) is 17.6. The predicted molar refractivity (Wildman–Crippen MR) is 78.9 cm³/mol. The van der Waals surface area contributed by atoms with Gasteiger partial charge in [-0.05, 0) is 12.1 Å². The second kappa shape index (κ2) is 8.20. The van der Waals surface area contributed by atoms with Crippen LogP contribution in [0.25, 0.3) is 0 Å². The highest BCUT2D eigenvalue weighted by Gasteiger charge is 2.29. The highest BCUT2D eigenvalue weighted by Crippen LogP contribution is 2.28. The quantitative estimate of drug-likeness (QED) is 0.676. The number of hydrogen-bond acceptors (Lipinski definition) is 5. The molecule has 0 spiro atoms. The van der Waals surface area contributed by atoms with Gasteiger partial charge in [0.2, 0.25) is 0 Å². The van der Waals surface area contributed by atoms with Gasteiger partial charge in [0.15, 0.2) is 24.7 Å². The van der Waals surface area contributed by atoms with E-state index in [0.717, 1.165) is 0 Å². The topological polar surface area (TPSA) is 79.8 Å². The molecule has 1 aromatic rings. The van der Waals surface area contributed by atoms with Crippen molar-refractivity contribution in [2.45, 2.75) is 12.3 Å². The maximum atomic E-state index is 12.2. The van der Waals surface area contributed by atoms with Crippen LogP contribution in [0.5, 0.6) is 11.5 Å². The van der Waals surface area contributed by atoms with Crippen molar-refractivity contribution >= 4 is 5.91 Å². The molecular formula is C15H19F3N2O4. The molecule has 6 nitrogen and oxygen atoms in total. The number of aliphatic hydroxyl groups excluding tert-OH is 1. The third kappa shape index (κ3) is 5.89. The number of hydrogen-bond donors (Lipinski definition) is 3. The monoisotopic (exact) mass is 348 g/mol. The fraction of sp³-hybridized carbons (Fsp3) is 0.533. The summed E-state index contributed by atoms with van der Waals surface area (Å²) in [5, 5.41) is 15.2. The van der Waals surface area contributed by atoms with E-state index in [-0.39, 0.29) is 24.0 Å². The smallest absolute Gasteiger partial charge is 0.422 e. The van der Waals surface area contributed by atoms with Gasteiger partial charge in [-0.15, -0.1) is 0 Å². The van der Waals surface area contributed by atoms with E-state index in [2.05, 4.69) is 15.4 Å². The van der Waals surface area contributed by atoms with Crippen molar-refractivity contribution in [2.24, 2.45) is 5.92 Å². The molecular weight excluding hydrogens is 329 g/mol. The van der Waals surface area contributed by atoms with Gasteiger partial charge in [0.25, 0.3) is 5.91 Å². The van der Waals surface area contributed by atoms with Crippen molar-refractivity contribution in [3.63, 3.8) is 0 Å². The maximum absolute atomic E-state index is 12.2. The minimum Gasteiger partial charge on any atom is -0.480 e. The van der Waals surface area contributed by atoms with Gasteiger partial charge in [-0.3, -0.25) is 4.79 Å². The molecule has 2 atom stereocenters. The molecule has 1 heterocycles. The molecule has 9 heteroatoms. The molecule has 1 saturated heterocycles. The van der Waals surface area contributed by atoms with E-state index in [1.165, 1.54) is 18.2 Å². The first-order valence-corrected chi connectivity index (χ1v) is 7.42. The summed E-state index contributed by atoms with van der Waals surface area (Å²) in [6, 6.07) is 5.82. The van der Waals surface area contributed by atoms with Crippen molar-refractivity contribution in [1.29, 1.82) is 0 Å². The van der Waals surface area contributed by atoms with E-state index in [0.29, 0.717) is 19.6 Å². The summed E-state index contributed by atoms with van der Waals surface area (Å²) in [6.07, 6.45) is -4.97. The van der Waals surface area contributed by atoms with Crippen LogP contribution in [0, 0.1) is 5.92 Å². The molecule has 0 aliphatic carbocycles. The molecule has 1 aromatic carbocycles. The number of amides is 1. The van der Waals surface area contributed by atoms with Crippen LogP contribution < -0.4 is 20.1 Å². The molecule has 2 unspecified atom stereocenters. The summed E-state index contributed by atoms with van der Waals surface area (Å²) in [5.74, 6) is -0.534. The maximum Gasteiger partial charge on any atom is 0.422 e. The summed E-state index contributed by atoms with van der Waals surface area (Å²) < 4.78 is 46.5. The van der Waals surface area contributed by atoms with Gasteiger partial charge in [-0.1, -0.05) is 12.1 Å². The van der Waals surface area contributed by atoms with E-state index in [9.17, 15) is 23.1 Å². The molecule has 2 rings (SSSR count). The number of benzene rings is 1. The fourth-order valence-corrected chi connectivity index (χ4v) is 2.22. The number of nitrogens with one attached hydrogen (secondary N) is 2. The predicted octanol–water partition coefficient (Wildman–Crippen LogP) is 0.703. The first-order valence-electron chi connectivity index (χ1n) is 7.42. The first kappa shape index (κ1) is 18.3. The minimum atomic E-state index is -4.46. The average molecular weight is 348 g/mol. The first-order chi connectivity index (χ1) is 11.3. The number of halogens is 3. The highest BCUT2D eigenvalue weighted by atomic mass is 19.4. The molecule has 0 radical (unpaired) electrons. The van der Waals surface area contributed by atoms with Crippen LogP contribution in [0.1, 0.15) is 0 Å². The van der Waals surface area contributed by atoms with Crippen molar-refractivity contribution in [2.75, 3.05) is 32.8 Å².